The molecule has 0 fully saturated rings. The number of carbonyl (C=O) groups excluding carboxylic acids is 1. The van der Waals surface area contributed by atoms with E-state index < -0.39 is 0 Å². The van der Waals surface area contributed by atoms with E-state index in [1.807, 2.05) is 35.7 Å². The number of nitrogens with one attached hydrogen (secondary N) is 2. The van der Waals surface area contributed by atoms with Gasteiger partial charge in [0, 0.05) is 12.1 Å². The van der Waals surface area contributed by atoms with Gasteiger partial charge >= 0.3 is 0 Å². The number of rotatable bonds is 7. The molecule has 2 aromatic heterocycles. The van der Waals surface area contributed by atoms with Crippen molar-refractivity contribution in [1.82, 2.24) is 20.1 Å². The Bertz CT molecular complexity index is 947. The molecular formula is C17H18N4O3S2. The number of H-pyrrole nitrogens is 1. The monoisotopic (exact) mass is 390 g/mol. The molecule has 0 saturated heterocycles. The number of carbonyl (C=O) groups is 1. The van der Waals surface area contributed by atoms with Crippen molar-refractivity contribution in [2.24, 2.45) is 0 Å². The zero-order valence-electron chi connectivity index (χ0n) is 14.3. The molecule has 136 valence electrons. The van der Waals surface area contributed by atoms with Gasteiger partial charge in [-0.05, 0) is 29.7 Å². The summed E-state index contributed by atoms with van der Waals surface area (Å²) in [6, 6.07) is 9.40. The van der Waals surface area contributed by atoms with E-state index in [-0.39, 0.29) is 12.5 Å². The summed E-state index contributed by atoms with van der Waals surface area (Å²) in [7, 11) is 3.15. The first kappa shape index (κ1) is 18.2. The molecule has 7 nitrogen and oxygen atoms in total. The van der Waals surface area contributed by atoms with E-state index in [4.69, 9.17) is 21.7 Å². The van der Waals surface area contributed by atoms with Crippen LogP contribution in [0.3, 0.4) is 0 Å². The molecule has 0 bridgehead atoms. The maximum Gasteiger partial charge on any atom is 0.240 e. The highest BCUT2D eigenvalue weighted by Crippen LogP contribution is 2.30. The minimum Gasteiger partial charge on any atom is -0.493 e. The van der Waals surface area contributed by atoms with Crippen molar-refractivity contribution in [3.63, 3.8) is 0 Å². The highest BCUT2D eigenvalue weighted by molar-refractivity contribution is 7.71. The van der Waals surface area contributed by atoms with Crippen LogP contribution in [-0.2, 0) is 17.9 Å². The Morgan fingerprint density at radius 3 is 2.85 bits per heavy atom. The fourth-order valence-electron chi connectivity index (χ4n) is 2.54. The average molecular weight is 390 g/mol. The van der Waals surface area contributed by atoms with Gasteiger partial charge in [0.2, 0.25) is 5.91 Å². The van der Waals surface area contributed by atoms with E-state index in [2.05, 4.69) is 15.5 Å². The third-order valence-corrected chi connectivity index (χ3v) is 4.94. The first-order chi connectivity index (χ1) is 12.6. The summed E-state index contributed by atoms with van der Waals surface area (Å²) in [5.41, 5.74) is 0.828. The first-order valence-electron chi connectivity index (χ1n) is 7.79. The van der Waals surface area contributed by atoms with Gasteiger partial charge in [0.1, 0.15) is 6.54 Å². The van der Waals surface area contributed by atoms with Crippen LogP contribution in [0, 0.1) is 4.77 Å². The van der Waals surface area contributed by atoms with Crippen molar-refractivity contribution >= 4 is 29.5 Å². The van der Waals surface area contributed by atoms with Crippen molar-refractivity contribution in [1.29, 1.82) is 0 Å². The van der Waals surface area contributed by atoms with Gasteiger partial charge in [-0.1, -0.05) is 18.2 Å². The van der Waals surface area contributed by atoms with Crippen LogP contribution >= 0.6 is 23.6 Å². The zero-order chi connectivity index (χ0) is 18.5. The van der Waals surface area contributed by atoms with Crippen molar-refractivity contribution < 1.29 is 14.3 Å². The average Bonchev–Trinajstić information content (AvgIpc) is 3.30. The maximum atomic E-state index is 12.4. The lowest BCUT2D eigenvalue weighted by Gasteiger charge is -2.13. The van der Waals surface area contributed by atoms with Crippen molar-refractivity contribution in [3.8, 4) is 22.2 Å². The van der Waals surface area contributed by atoms with Crippen molar-refractivity contribution in [2.45, 2.75) is 13.1 Å². The summed E-state index contributed by atoms with van der Waals surface area (Å²) in [4.78, 5) is 13.4. The van der Waals surface area contributed by atoms with Gasteiger partial charge in [-0.25, -0.2) is 0 Å². The van der Waals surface area contributed by atoms with E-state index in [0.29, 0.717) is 28.6 Å². The molecule has 0 saturated carbocycles. The van der Waals surface area contributed by atoms with Crippen LogP contribution in [0.4, 0.5) is 0 Å². The predicted molar refractivity (Wildman–Crippen MR) is 102 cm³/mol. The number of amides is 1. The topological polar surface area (TPSA) is 81.2 Å². The van der Waals surface area contributed by atoms with E-state index in [9.17, 15) is 4.79 Å². The first-order valence-corrected chi connectivity index (χ1v) is 9.08. The standard InChI is InChI=1S/C17H18N4O3S2/c1-23-12-6-3-5-11(15(12)24-2)9-18-14(22)10-21-16(19-20-17(21)25)13-7-4-8-26-13/h3-8H,9-10H2,1-2H3,(H,18,22)(H,20,25). The predicted octanol–water partition coefficient (Wildman–Crippen LogP) is 3.00. The molecule has 2 N–H and O–H groups in total. The van der Waals surface area contributed by atoms with Crippen molar-refractivity contribution in [2.75, 3.05) is 14.2 Å². The van der Waals surface area contributed by atoms with E-state index in [0.717, 1.165) is 10.4 Å². The number of ether oxygens (including phenoxy) is 2. The molecule has 0 aliphatic carbocycles. The van der Waals surface area contributed by atoms with Crippen LogP contribution in [0.15, 0.2) is 35.7 Å². The van der Waals surface area contributed by atoms with Crippen LogP contribution in [0.2, 0.25) is 0 Å². The Balaban J connectivity index is 1.72. The fourth-order valence-corrected chi connectivity index (χ4v) is 3.46. The highest BCUT2D eigenvalue weighted by atomic mass is 32.1. The Morgan fingerprint density at radius 1 is 1.31 bits per heavy atom. The van der Waals surface area contributed by atoms with Gasteiger partial charge in [-0.3, -0.25) is 14.5 Å². The lowest BCUT2D eigenvalue weighted by molar-refractivity contribution is -0.121. The van der Waals surface area contributed by atoms with Gasteiger partial charge in [-0.15, -0.1) is 11.3 Å². The minimum absolute atomic E-state index is 0.0782. The third-order valence-electron chi connectivity index (χ3n) is 3.76. The van der Waals surface area contributed by atoms with E-state index in [1.54, 1.807) is 18.8 Å². The molecule has 1 aromatic carbocycles. The molecule has 0 spiro atoms. The van der Waals surface area contributed by atoms with Gasteiger partial charge < -0.3 is 14.8 Å². The smallest absolute Gasteiger partial charge is 0.240 e. The Kier molecular flexibility index (Phi) is 5.69. The molecule has 0 aliphatic heterocycles. The summed E-state index contributed by atoms with van der Waals surface area (Å²) in [6.07, 6.45) is 0. The largest absolute Gasteiger partial charge is 0.493 e. The number of para-hydroxylation sites is 1. The third kappa shape index (κ3) is 3.78. The second kappa shape index (κ2) is 8.15. The number of aromatic amines is 1. The summed E-state index contributed by atoms with van der Waals surface area (Å²) in [5, 5.41) is 11.8. The number of methoxy groups -OCH3 is 2. The molecule has 26 heavy (non-hydrogen) atoms. The summed E-state index contributed by atoms with van der Waals surface area (Å²) >= 11 is 6.79. The summed E-state index contributed by atoms with van der Waals surface area (Å²) < 4.78 is 12.7. The van der Waals surface area contributed by atoms with E-state index in [1.165, 1.54) is 11.3 Å². The number of thiophene rings is 1. The van der Waals surface area contributed by atoms with Crippen molar-refractivity contribution in [3.05, 3.63) is 46.0 Å². The van der Waals surface area contributed by atoms with Crippen LogP contribution in [0.1, 0.15) is 5.56 Å². The molecule has 0 aliphatic rings. The lowest BCUT2D eigenvalue weighted by atomic mass is 10.2. The summed E-state index contributed by atoms with van der Waals surface area (Å²) in [6.45, 7) is 0.396. The van der Waals surface area contributed by atoms with Gasteiger partial charge in [0.05, 0.1) is 19.1 Å². The Hall–Kier alpha value is -2.65. The van der Waals surface area contributed by atoms with Gasteiger partial charge in [-0.2, -0.15) is 5.10 Å². The molecule has 0 radical (unpaired) electrons. The number of hydrogen-bond acceptors (Lipinski definition) is 6. The number of nitrogens with zero attached hydrogens (tertiary/aromatic N) is 2. The SMILES string of the molecule is COc1cccc(CNC(=O)Cn2c(-c3cccs3)n[nH]c2=S)c1OC. The molecule has 0 unspecified atom stereocenters. The van der Waals surface area contributed by atoms with Crippen LogP contribution in [-0.4, -0.2) is 34.9 Å². The quantitative estimate of drug-likeness (QED) is 0.606. The fraction of sp³-hybridized carbons (Fsp3) is 0.235. The molecule has 3 rings (SSSR count). The van der Waals surface area contributed by atoms with Crippen LogP contribution in [0.25, 0.3) is 10.7 Å². The highest BCUT2D eigenvalue weighted by Gasteiger charge is 2.14. The molecule has 0 atom stereocenters. The minimum atomic E-state index is -0.176. The molecular weight excluding hydrogens is 372 g/mol. The Morgan fingerprint density at radius 2 is 2.15 bits per heavy atom. The Labute approximate surface area is 159 Å². The van der Waals surface area contributed by atoms with Gasteiger partial charge in [0.25, 0.3) is 0 Å². The normalized spacial score (nSPS) is 10.5. The number of benzene rings is 1. The molecule has 3 aromatic rings. The van der Waals surface area contributed by atoms with Gasteiger partial charge in [0.15, 0.2) is 22.1 Å². The lowest BCUT2D eigenvalue weighted by Crippen LogP contribution is -2.27. The summed E-state index contributed by atoms with van der Waals surface area (Å²) in [5.74, 6) is 1.70. The second-order valence-electron chi connectivity index (χ2n) is 5.35. The molecule has 1 amide bonds. The van der Waals surface area contributed by atoms with Crippen LogP contribution < -0.4 is 14.8 Å². The maximum absolute atomic E-state index is 12.4. The van der Waals surface area contributed by atoms with Crippen LogP contribution in [0.5, 0.6) is 11.5 Å². The number of hydrogen-bond donors (Lipinski definition) is 2. The van der Waals surface area contributed by atoms with E-state index >= 15 is 0 Å². The zero-order valence-corrected chi connectivity index (χ0v) is 15.9. The molecule has 9 heteroatoms. The number of aromatic nitrogens is 3. The molecule has 2 heterocycles. The second-order valence-corrected chi connectivity index (χ2v) is 6.68.